The number of hydrogen-bond donors (Lipinski definition) is 1. The molecule has 4 nitrogen and oxygen atoms in total. The number of amides is 1. The van der Waals surface area contributed by atoms with Gasteiger partial charge in [0, 0.05) is 12.2 Å². The van der Waals surface area contributed by atoms with Crippen LogP contribution >= 0.6 is 0 Å². The van der Waals surface area contributed by atoms with Crippen molar-refractivity contribution in [3.8, 4) is 0 Å². The van der Waals surface area contributed by atoms with E-state index in [1.165, 1.54) is 11.1 Å². The summed E-state index contributed by atoms with van der Waals surface area (Å²) in [6.07, 6.45) is 2.00. The van der Waals surface area contributed by atoms with Crippen LogP contribution in [0.15, 0.2) is 36.4 Å². The van der Waals surface area contributed by atoms with E-state index in [9.17, 15) is 4.79 Å². The molecule has 0 fully saturated rings. The summed E-state index contributed by atoms with van der Waals surface area (Å²) in [7, 11) is 0. The topological polar surface area (TPSA) is 59.2 Å². The first-order valence-corrected chi connectivity index (χ1v) is 6.79. The van der Waals surface area contributed by atoms with Gasteiger partial charge < -0.3 is 10.6 Å². The zero-order chi connectivity index (χ0) is 14.1. The lowest BCUT2D eigenvalue weighted by atomic mass is 9.99. The van der Waals surface area contributed by atoms with E-state index in [0.717, 1.165) is 25.1 Å². The molecule has 0 saturated heterocycles. The third-order valence-corrected chi connectivity index (χ3v) is 3.59. The Morgan fingerprint density at radius 2 is 2.15 bits per heavy atom. The summed E-state index contributed by atoms with van der Waals surface area (Å²) >= 11 is 0. The number of aryl methyl sites for hydroxylation is 2. The number of carbonyl (C=O) groups excluding carboxylic acids is 1. The predicted octanol–water partition coefficient (Wildman–Crippen LogP) is 2.57. The Bertz CT molecular complexity index is 667. The van der Waals surface area contributed by atoms with E-state index in [1.807, 2.05) is 12.1 Å². The molecule has 3 rings (SSSR count). The fraction of sp³-hybridized carbons (Fsp3) is 0.250. The van der Waals surface area contributed by atoms with Crippen LogP contribution < -0.4 is 10.6 Å². The van der Waals surface area contributed by atoms with Crippen molar-refractivity contribution in [2.24, 2.45) is 0 Å². The van der Waals surface area contributed by atoms with Gasteiger partial charge in [0.2, 0.25) is 0 Å². The lowest BCUT2D eigenvalue weighted by Crippen LogP contribution is -2.36. The standard InChI is InChI=1S/C16H17N3O/c1-11-7-8-14-12(10-11)4-3-9-19(14)16(20)13-5-2-6-15(17)18-13/h2,5-8,10H,3-4,9H2,1H3,(H2,17,18). The van der Waals surface area contributed by atoms with E-state index in [1.54, 1.807) is 23.1 Å². The van der Waals surface area contributed by atoms with Crippen LogP contribution in [0.4, 0.5) is 11.5 Å². The van der Waals surface area contributed by atoms with Crippen LogP contribution in [0.5, 0.6) is 0 Å². The van der Waals surface area contributed by atoms with Gasteiger partial charge in [-0.2, -0.15) is 0 Å². The second-order valence-electron chi connectivity index (χ2n) is 5.14. The highest BCUT2D eigenvalue weighted by Crippen LogP contribution is 2.29. The Balaban J connectivity index is 1.98. The molecule has 0 saturated carbocycles. The number of aromatic nitrogens is 1. The molecule has 0 atom stereocenters. The molecule has 0 radical (unpaired) electrons. The third kappa shape index (κ3) is 2.25. The van der Waals surface area contributed by atoms with Gasteiger partial charge in [-0.1, -0.05) is 23.8 Å². The number of carbonyl (C=O) groups is 1. The first kappa shape index (κ1) is 12.7. The van der Waals surface area contributed by atoms with E-state index in [2.05, 4.69) is 18.0 Å². The van der Waals surface area contributed by atoms with E-state index in [-0.39, 0.29) is 5.91 Å². The summed E-state index contributed by atoms with van der Waals surface area (Å²) in [6, 6.07) is 11.4. The van der Waals surface area contributed by atoms with Crippen LogP contribution in [0, 0.1) is 6.92 Å². The summed E-state index contributed by atoms with van der Waals surface area (Å²) in [4.78, 5) is 18.5. The van der Waals surface area contributed by atoms with Gasteiger partial charge in [0.05, 0.1) is 0 Å². The Hall–Kier alpha value is -2.36. The number of rotatable bonds is 1. The van der Waals surface area contributed by atoms with Crippen LogP contribution in [0.1, 0.15) is 28.0 Å². The quantitative estimate of drug-likeness (QED) is 0.863. The first-order valence-electron chi connectivity index (χ1n) is 6.79. The van der Waals surface area contributed by atoms with Gasteiger partial charge in [-0.05, 0) is 43.5 Å². The Kier molecular flexibility index (Phi) is 3.14. The zero-order valence-electron chi connectivity index (χ0n) is 11.5. The molecule has 102 valence electrons. The average molecular weight is 267 g/mol. The molecule has 2 aromatic rings. The Labute approximate surface area is 118 Å². The summed E-state index contributed by atoms with van der Waals surface area (Å²) in [5.41, 5.74) is 9.51. The summed E-state index contributed by atoms with van der Waals surface area (Å²) in [5.74, 6) is 0.291. The van der Waals surface area contributed by atoms with Gasteiger partial charge in [-0.3, -0.25) is 4.79 Å². The maximum absolute atomic E-state index is 12.6. The second kappa shape index (κ2) is 4.96. The number of nitrogens with zero attached hydrogens (tertiary/aromatic N) is 2. The van der Waals surface area contributed by atoms with E-state index >= 15 is 0 Å². The largest absolute Gasteiger partial charge is 0.384 e. The molecule has 2 N–H and O–H groups in total. The van der Waals surface area contributed by atoms with E-state index in [4.69, 9.17) is 5.73 Å². The number of benzene rings is 1. The number of pyridine rings is 1. The maximum Gasteiger partial charge on any atom is 0.276 e. The van der Waals surface area contributed by atoms with Gasteiger partial charge in [-0.25, -0.2) is 4.98 Å². The van der Waals surface area contributed by atoms with Gasteiger partial charge in [-0.15, -0.1) is 0 Å². The van der Waals surface area contributed by atoms with E-state index in [0.29, 0.717) is 11.5 Å². The monoisotopic (exact) mass is 267 g/mol. The molecule has 1 amide bonds. The van der Waals surface area contributed by atoms with Crippen LogP contribution in [0.3, 0.4) is 0 Å². The Morgan fingerprint density at radius 3 is 2.95 bits per heavy atom. The predicted molar refractivity (Wildman–Crippen MR) is 79.8 cm³/mol. The molecule has 1 aliphatic heterocycles. The lowest BCUT2D eigenvalue weighted by molar-refractivity contribution is 0.0980. The van der Waals surface area contributed by atoms with Crippen LogP contribution in [0.25, 0.3) is 0 Å². The molecule has 4 heteroatoms. The molecule has 0 bridgehead atoms. The highest BCUT2D eigenvalue weighted by atomic mass is 16.2. The highest BCUT2D eigenvalue weighted by Gasteiger charge is 2.24. The van der Waals surface area contributed by atoms with Gasteiger partial charge in [0.15, 0.2) is 0 Å². The van der Waals surface area contributed by atoms with Crippen molar-refractivity contribution >= 4 is 17.4 Å². The molecule has 1 aromatic heterocycles. The average Bonchev–Trinajstić information content (AvgIpc) is 2.45. The molecule has 0 aliphatic carbocycles. The molecule has 1 aromatic carbocycles. The van der Waals surface area contributed by atoms with Crippen molar-refractivity contribution < 1.29 is 4.79 Å². The minimum atomic E-state index is -0.0814. The van der Waals surface area contributed by atoms with Crippen molar-refractivity contribution in [3.63, 3.8) is 0 Å². The normalized spacial score (nSPS) is 13.9. The van der Waals surface area contributed by atoms with Gasteiger partial charge >= 0.3 is 0 Å². The fourth-order valence-electron chi connectivity index (χ4n) is 2.65. The number of hydrogen-bond acceptors (Lipinski definition) is 3. The minimum Gasteiger partial charge on any atom is -0.384 e. The molecular weight excluding hydrogens is 250 g/mol. The van der Waals surface area contributed by atoms with Crippen molar-refractivity contribution in [3.05, 3.63) is 53.2 Å². The SMILES string of the molecule is Cc1ccc2c(c1)CCCN2C(=O)c1cccc(N)n1. The second-order valence-corrected chi connectivity index (χ2v) is 5.14. The van der Waals surface area contributed by atoms with E-state index < -0.39 is 0 Å². The van der Waals surface area contributed by atoms with Crippen LogP contribution in [-0.2, 0) is 6.42 Å². The minimum absolute atomic E-state index is 0.0814. The van der Waals surface area contributed by atoms with Crippen LogP contribution in [0.2, 0.25) is 0 Å². The fourth-order valence-corrected chi connectivity index (χ4v) is 2.65. The van der Waals surface area contributed by atoms with Gasteiger partial charge in [0.1, 0.15) is 11.5 Å². The Morgan fingerprint density at radius 1 is 1.30 bits per heavy atom. The summed E-state index contributed by atoms with van der Waals surface area (Å²) in [5, 5.41) is 0. The van der Waals surface area contributed by atoms with Gasteiger partial charge in [0.25, 0.3) is 5.91 Å². The molecule has 2 heterocycles. The summed E-state index contributed by atoms with van der Waals surface area (Å²) in [6.45, 7) is 2.80. The smallest absolute Gasteiger partial charge is 0.276 e. The van der Waals surface area contributed by atoms with Crippen molar-refractivity contribution in [1.82, 2.24) is 4.98 Å². The number of fused-ring (bicyclic) bond motifs is 1. The third-order valence-electron chi connectivity index (χ3n) is 3.59. The van der Waals surface area contributed by atoms with Crippen molar-refractivity contribution in [2.75, 3.05) is 17.2 Å². The number of anilines is 2. The molecule has 0 unspecified atom stereocenters. The molecule has 1 aliphatic rings. The van der Waals surface area contributed by atoms with Crippen molar-refractivity contribution in [1.29, 1.82) is 0 Å². The first-order chi connectivity index (χ1) is 9.65. The summed E-state index contributed by atoms with van der Waals surface area (Å²) < 4.78 is 0. The number of nitrogens with two attached hydrogens (primary N) is 1. The number of nitrogen functional groups attached to an aromatic ring is 1. The maximum atomic E-state index is 12.6. The zero-order valence-corrected chi connectivity index (χ0v) is 11.5. The molecule has 20 heavy (non-hydrogen) atoms. The van der Waals surface area contributed by atoms with Crippen LogP contribution in [-0.4, -0.2) is 17.4 Å². The highest BCUT2D eigenvalue weighted by molar-refractivity contribution is 6.05. The molecular formula is C16H17N3O. The lowest BCUT2D eigenvalue weighted by Gasteiger charge is -2.29. The van der Waals surface area contributed by atoms with Crippen molar-refractivity contribution in [2.45, 2.75) is 19.8 Å². The molecule has 0 spiro atoms.